The van der Waals surface area contributed by atoms with Gasteiger partial charge < -0.3 is 21.7 Å². The summed E-state index contributed by atoms with van der Waals surface area (Å²) in [4.78, 5) is 40.0. The van der Waals surface area contributed by atoms with Crippen LogP contribution in [0.2, 0.25) is 5.02 Å². The molecule has 172 valence electrons. The summed E-state index contributed by atoms with van der Waals surface area (Å²) in [7, 11) is 0. The molecule has 3 rings (SSSR count). The molecule has 5 N–H and O–H groups in total. The smallest absolute Gasteiger partial charge is 0.270 e. The molecular weight excluding hydrogens is 450 g/mol. The number of amides is 3. The Labute approximate surface area is 196 Å². The summed E-state index contributed by atoms with van der Waals surface area (Å²) in [6.45, 7) is 2.07. The van der Waals surface area contributed by atoms with E-state index < -0.39 is 17.9 Å². The highest BCUT2D eigenvalue weighted by molar-refractivity contribution is 7.09. The number of benzene rings is 1. The molecule has 1 aromatic carbocycles. The molecule has 0 radical (unpaired) electrons. The van der Waals surface area contributed by atoms with Crippen LogP contribution in [0.4, 0.5) is 5.69 Å². The molecule has 1 aliphatic rings. The van der Waals surface area contributed by atoms with Crippen LogP contribution in [0.1, 0.15) is 71.2 Å². The summed E-state index contributed by atoms with van der Waals surface area (Å²) in [6.07, 6.45) is 5.20. The average molecular weight is 478 g/mol. The van der Waals surface area contributed by atoms with Crippen LogP contribution in [0.15, 0.2) is 24.3 Å². The van der Waals surface area contributed by atoms with Crippen molar-refractivity contribution in [2.45, 2.75) is 64.1 Å². The van der Waals surface area contributed by atoms with E-state index in [9.17, 15) is 14.4 Å². The summed E-state index contributed by atoms with van der Waals surface area (Å²) in [6, 6.07) is 6.57. The van der Waals surface area contributed by atoms with Crippen molar-refractivity contribution in [1.29, 1.82) is 0 Å². The highest BCUT2D eigenvalue weighted by atomic mass is 35.5. The lowest BCUT2D eigenvalue weighted by Crippen LogP contribution is -2.51. The topological polar surface area (TPSA) is 131 Å². The van der Waals surface area contributed by atoms with Crippen molar-refractivity contribution in [1.82, 2.24) is 14.6 Å². The van der Waals surface area contributed by atoms with Crippen LogP contribution >= 0.6 is 23.1 Å². The van der Waals surface area contributed by atoms with Crippen LogP contribution in [0.3, 0.4) is 0 Å². The van der Waals surface area contributed by atoms with Gasteiger partial charge in [-0.2, -0.15) is 4.37 Å². The molecule has 2 aromatic rings. The van der Waals surface area contributed by atoms with Crippen LogP contribution in [-0.4, -0.2) is 39.1 Å². The highest BCUT2D eigenvalue weighted by Gasteiger charge is 2.34. The molecule has 1 aromatic heterocycles. The van der Waals surface area contributed by atoms with E-state index in [2.05, 4.69) is 9.69 Å². The zero-order chi connectivity index (χ0) is 23.3. The lowest BCUT2D eigenvalue weighted by molar-refractivity contribution is -0.126. The number of rotatable bonds is 9. The lowest BCUT2D eigenvalue weighted by Gasteiger charge is -2.32. The van der Waals surface area contributed by atoms with Gasteiger partial charge in [0.05, 0.1) is 5.69 Å². The third-order valence-electron chi connectivity index (χ3n) is 5.66. The maximum atomic E-state index is 13.6. The maximum Gasteiger partial charge on any atom is 0.270 e. The molecule has 1 heterocycles. The normalized spacial score (nSPS) is 14.8. The van der Waals surface area contributed by atoms with Crippen molar-refractivity contribution in [3.8, 4) is 0 Å². The average Bonchev–Trinajstić information content (AvgIpc) is 3.40. The minimum atomic E-state index is -0.806. The summed E-state index contributed by atoms with van der Waals surface area (Å²) >= 11 is 7.16. The molecule has 1 aliphatic carbocycles. The van der Waals surface area contributed by atoms with E-state index in [4.69, 9.17) is 23.1 Å². The van der Waals surface area contributed by atoms with Crippen LogP contribution < -0.4 is 16.8 Å². The number of nitrogens with zero attached hydrogens (tertiary/aromatic N) is 2. The SMILES string of the molecule is CCC[C@@H](C(=O)NC1CCCC1)N(Cc1ccccc1Cl)C(=O)c1snc(C(N)=O)c1N. The van der Waals surface area contributed by atoms with E-state index >= 15 is 0 Å². The zero-order valence-electron chi connectivity index (χ0n) is 18.0. The molecule has 0 unspecified atom stereocenters. The van der Waals surface area contributed by atoms with Crippen molar-refractivity contribution in [3.05, 3.63) is 45.4 Å². The van der Waals surface area contributed by atoms with Crippen LogP contribution in [0, 0.1) is 0 Å². The number of hydrogen-bond acceptors (Lipinski definition) is 6. The fraction of sp³-hybridized carbons (Fsp3) is 0.455. The van der Waals surface area contributed by atoms with Crippen LogP contribution in [0.5, 0.6) is 0 Å². The Balaban J connectivity index is 1.97. The molecule has 8 nitrogen and oxygen atoms in total. The third-order valence-corrected chi connectivity index (χ3v) is 6.88. The predicted molar refractivity (Wildman–Crippen MR) is 125 cm³/mol. The third kappa shape index (κ3) is 5.39. The predicted octanol–water partition coefficient (Wildman–Crippen LogP) is 3.35. The number of carbonyl (C=O) groups excluding carboxylic acids is 3. The molecule has 1 fully saturated rings. The fourth-order valence-electron chi connectivity index (χ4n) is 3.96. The van der Waals surface area contributed by atoms with Gasteiger partial charge in [-0.05, 0) is 42.4 Å². The quantitative estimate of drug-likeness (QED) is 0.509. The molecule has 32 heavy (non-hydrogen) atoms. The Morgan fingerprint density at radius 2 is 1.97 bits per heavy atom. The number of anilines is 1. The van der Waals surface area contributed by atoms with E-state index in [0.717, 1.165) is 37.2 Å². The standard InChI is InChI=1S/C22H28ClN5O3S/c1-2-7-16(21(30)26-14-9-4-5-10-14)28(12-13-8-3-6-11-15(13)23)22(31)19-17(24)18(20(25)29)27-32-19/h3,6,8,11,14,16H,2,4-5,7,9-10,12,24H2,1H3,(H2,25,29)(H,26,30)/t16-/m0/s1. The zero-order valence-corrected chi connectivity index (χ0v) is 19.5. The van der Waals surface area contributed by atoms with E-state index in [1.807, 2.05) is 19.1 Å². The van der Waals surface area contributed by atoms with Gasteiger partial charge in [-0.3, -0.25) is 14.4 Å². The Bertz CT molecular complexity index is 990. The van der Waals surface area contributed by atoms with Crippen LogP contribution in [0.25, 0.3) is 0 Å². The van der Waals surface area contributed by atoms with Gasteiger partial charge in [0.1, 0.15) is 10.9 Å². The monoisotopic (exact) mass is 477 g/mol. The minimum absolute atomic E-state index is 0.0666. The highest BCUT2D eigenvalue weighted by Crippen LogP contribution is 2.28. The van der Waals surface area contributed by atoms with Crippen molar-refractivity contribution in [3.63, 3.8) is 0 Å². The van der Waals surface area contributed by atoms with Gasteiger partial charge in [-0.1, -0.05) is 56.0 Å². The van der Waals surface area contributed by atoms with E-state index in [0.29, 0.717) is 23.4 Å². The summed E-state index contributed by atoms with van der Waals surface area (Å²) in [5.74, 6) is -1.48. The van der Waals surface area contributed by atoms with Gasteiger partial charge in [-0.25, -0.2) is 0 Å². The number of primary amides is 1. The van der Waals surface area contributed by atoms with Crippen molar-refractivity contribution in [2.75, 3.05) is 5.73 Å². The molecule has 0 bridgehead atoms. The Hall–Kier alpha value is -2.65. The summed E-state index contributed by atoms with van der Waals surface area (Å²) < 4.78 is 3.94. The second kappa shape index (κ2) is 10.8. The number of nitrogen functional groups attached to an aromatic ring is 1. The fourth-order valence-corrected chi connectivity index (χ4v) is 4.92. The molecule has 0 saturated heterocycles. The first kappa shape index (κ1) is 24.0. The number of carbonyl (C=O) groups is 3. The molecule has 1 saturated carbocycles. The number of hydrogen-bond donors (Lipinski definition) is 3. The molecule has 0 aliphatic heterocycles. The molecule has 1 atom stereocenters. The molecular formula is C22H28ClN5O3S. The van der Waals surface area contributed by atoms with Gasteiger partial charge in [0.2, 0.25) is 5.91 Å². The Kier molecular flexibility index (Phi) is 8.09. The molecule has 3 amide bonds. The van der Waals surface area contributed by atoms with E-state index in [1.54, 1.807) is 12.1 Å². The lowest BCUT2D eigenvalue weighted by atomic mass is 10.1. The Morgan fingerprint density at radius 1 is 1.28 bits per heavy atom. The molecule has 10 heteroatoms. The van der Waals surface area contributed by atoms with E-state index in [-0.39, 0.29) is 34.8 Å². The van der Waals surface area contributed by atoms with Crippen molar-refractivity contribution in [2.24, 2.45) is 5.73 Å². The van der Waals surface area contributed by atoms with Crippen LogP contribution in [-0.2, 0) is 11.3 Å². The number of halogens is 1. The first-order valence-corrected chi connectivity index (χ1v) is 11.9. The second-order valence-electron chi connectivity index (χ2n) is 7.96. The van der Waals surface area contributed by atoms with Gasteiger partial charge >= 0.3 is 0 Å². The first-order valence-electron chi connectivity index (χ1n) is 10.7. The molecule has 0 spiro atoms. The van der Waals surface area contributed by atoms with Gasteiger partial charge in [0.25, 0.3) is 11.8 Å². The van der Waals surface area contributed by atoms with E-state index in [1.165, 1.54) is 4.90 Å². The van der Waals surface area contributed by atoms with Gasteiger partial charge in [0, 0.05) is 17.6 Å². The maximum absolute atomic E-state index is 13.6. The summed E-state index contributed by atoms with van der Waals surface area (Å²) in [5.41, 5.74) is 11.8. The largest absolute Gasteiger partial charge is 0.395 e. The second-order valence-corrected chi connectivity index (χ2v) is 9.14. The van der Waals surface area contributed by atoms with Gasteiger partial charge in [-0.15, -0.1) is 0 Å². The first-order chi connectivity index (χ1) is 15.3. The Morgan fingerprint density at radius 3 is 2.56 bits per heavy atom. The van der Waals surface area contributed by atoms with Crippen molar-refractivity contribution >= 4 is 46.5 Å². The van der Waals surface area contributed by atoms with Crippen molar-refractivity contribution < 1.29 is 14.4 Å². The number of nitrogens with one attached hydrogen (secondary N) is 1. The van der Waals surface area contributed by atoms with Gasteiger partial charge in [0.15, 0.2) is 5.69 Å². The minimum Gasteiger partial charge on any atom is -0.395 e. The number of nitrogens with two attached hydrogens (primary N) is 2. The number of aromatic nitrogens is 1. The summed E-state index contributed by atoms with van der Waals surface area (Å²) in [5, 5.41) is 3.60.